The third-order valence-corrected chi connectivity index (χ3v) is 7.25. The Morgan fingerprint density at radius 1 is 1.07 bits per heavy atom. The van der Waals surface area contributed by atoms with E-state index >= 15 is 0 Å². The molecular weight excluding hydrogens is 386 g/mol. The van der Waals surface area contributed by atoms with Crippen LogP contribution in [0.3, 0.4) is 0 Å². The first-order chi connectivity index (χ1) is 13.6. The van der Waals surface area contributed by atoms with Crippen LogP contribution in [0.4, 0.5) is 0 Å². The van der Waals surface area contributed by atoms with Crippen molar-refractivity contribution in [3.63, 3.8) is 0 Å². The van der Waals surface area contributed by atoms with Gasteiger partial charge in [-0.15, -0.1) is 5.10 Å². The first kappa shape index (κ1) is 20.0. The summed E-state index contributed by atoms with van der Waals surface area (Å²) in [7, 11) is 1.92. The Labute approximate surface area is 176 Å². The summed E-state index contributed by atoms with van der Waals surface area (Å²) in [6, 6.07) is 5.79. The van der Waals surface area contributed by atoms with E-state index < -0.39 is 0 Å². The van der Waals surface area contributed by atoms with Gasteiger partial charge in [0.2, 0.25) is 5.88 Å². The Morgan fingerprint density at radius 3 is 2.38 bits per heavy atom. The number of halogens is 1. The highest BCUT2D eigenvalue weighted by Crippen LogP contribution is 2.68. The van der Waals surface area contributed by atoms with Crippen molar-refractivity contribution in [3.8, 4) is 11.7 Å². The standard InChI is InChI=1S/C22H28ClN5O/c1-14-16(12-27(6)25-14)11-15-7-8-18(24-20(15)23)28-10-9-19(26-28)29-13-17-21(2,3)22(17,4)5/h7-10,12,17H,11,13H2,1-6H3. The van der Waals surface area contributed by atoms with Gasteiger partial charge in [0, 0.05) is 37.8 Å². The van der Waals surface area contributed by atoms with Crippen LogP contribution in [0, 0.1) is 23.7 Å². The number of aromatic nitrogens is 5. The summed E-state index contributed by atoms with van der Waals surface area (Å²) in [4.78, 5) is 4.53. The van der Waals surface area contributed by atoms with Crippen molar-refractivity contribution in [1.82, 2.24) is 24.5 Å². The van der Waals surface area contributed by atoms with E-state index in [1.807, 2.05) is 49.2 Å². The fourth-order valence-corrected chi connectivity index (χ4v) is 4.39. The maximum absolute atomic E-state index is 6.46. The number of hydrogen-bond donors (Lipinski definition) is 0. The normalized spacial score (nSPS) is 17.5. The SMILES string of the molecule is Cc1nn(C)cc1Cc1ccc(-n2ccc(OCC3C(C)(C)C3(C)C)n2)nc1Cl. The van der Waals surface area contributed by atoms with Gasteiger partial charge in [0.1, 0.15) is 5.15 Å². The minimum atomic E-state index is 0.299. The second-order valence-corrected chi connectivity index (χ2v) is 9.47. The van der Waals surface area contributed by atoms with E-state index in [2.05, 4.69) is 42.9 Å². The number of pyridine rings is 1. The molecule has 154 valence electrons. The van der Waals surface area contributed by atoms with Gasteiger partial charge in [-0.25, -0.2) is 9.67 Å². The Hall–Kier alpha value is -2.34. The molecule has 1 aliphatic rings. The van der Waals surface area contributed by atoms with Crippen molar-refractivity contribution in [2.75, 3.05) is 6.61 Å². The lowest BCUT2D eigenvalue weighted by atomic mass is 10.0. The van der Waals surface area contributed by atoms with E-state index in [4.69, 9.17) is 16.3 Å². The first-order valence-corrected chi connectivity index (χ1v) is 10.3. The zero-order valence-electron chi connectivity index (χ0n) is 17.9. The number of aryl methyl sites for hydroxylation is 2. The van der Waals surface area contributed by atoms with Crippen LogP contribution >= 0.6 is 11.6 Å². The Morgan fingerprint density at radius 2 is 1.79 bits per heavy atom. The van der Waals surface area contributed by atoms with E-state index in [9.17, 15) is 0 Å². The van der Waals surface area contributed by atoms with Crippen molar-refractivity contribution < 1.29 is 4.74 Å². The van der Waals surface area contributed by atoms with Crippen LogP contribution in [0.1, 0.15) is 44.5 Å². The molecule has 0 amide bonds. The van der Waals surface area contributed by atoms with E-state index in [1.165, 1.54) is 0 Å². The summed E-state index contributed by atoms with van der Waals surface area (Å²) >= 11 is 6.46. The molecule has 0 bridgehead atoms. The molecule has 3 aromatic rings. The molecule has 0 saturated heterocycles. The molecule has 29 heavy (non-hydrogen) atoms. The molecular formula is C22H28ClN5O. The smallest absolute Gasteiger partial charge is 0.233 e. The van der Waals surface area contributed by atoms with Crippen LogP contribution in [0.25, 0.3) is 5.82 Å². The summed E-state index contributed by atoms with van der Waals surface area (Å²) in [5.41, 5.74) is 3.71. The molecule has 0 aliphatic heterocycles. The maximum atomic E-state index is 6.46. The summed E-state index contributed by atoms with van der Waals surface area (Å²) < 4.78 is 9.46. The van der Waals surface area contributed by atoms with Gasteiger partial charge in [0.05, 0.1) is 12.3 Å². The molecule has 0 spiro atoms. The molecule has 1 saturated carbocycles. The second-order valence-electron chi connectivity index (χ2n) is 9.12. The zero-order valence-corrected chi connectivity index (χ0v) is 18.7. The van der Waals surface area contributed by atoms with Gasteiger partial charge >= 0.3 is 0 Å². The van der Waals surface area contributed by atoms with Crippen LogP contribution < -0.4 is 4.74 Å². The number of rotatable bonds is 6. The minimum absolute atomic E-state index is 0.299. The predicted molar refractivity (Wildman–Crippen MR) is 114 cm³/mol. The van der Waals surface area contributed by atoms with Gasteiger partial charge in [0.15, 0.2) is 5.82 Å². The van der Waals surface area contributed by atoms with Crippen molar-refractivity contribution in [1.29, 1.82) is 0 Å². The zero-order chi connectivity index (χ0) is 21.0. The fourth-order valence-electron chi connectivity index (χ4n) is 4.17. The molecule has 0 N–H and O–H groups in total. The van der Waals surface area contributed by atoms with Crippen molar-refractivity contribution in [2.45, 2.75) is 41.0 Å². The predicted octanol–water partition coefficient (Wildman–Crippen LogP) is 4.61. The van der Waals surface area contributed by atoms with Gasteiger partial charge in [0.25, 0.3) is 0 Å². The van der Waals surface area contributed by atoms with Gasteiger partial charge < -0.3 is 4.74 Å². The summed E-state index contributed by atoms with van der Waals surface area (Å²) in [6.07, 6.45) is 4.56. The van der Waals surface area contributed by atoms with Crippen LogP contribution in [0.2, 0.25) is 5.15 Å². The summed E-state index contributed by atoms with van der Waals surface area (Å²) in [6.45, 7) is 11.8. The van der Waals surface area contributed by atoms with Crippen LogP contribution in [-0.2, 0) is 13.5 Å². The van der Waals surface area contributed by atoms with Gasteiger partial charge in [-0.05, 0) is 34.9 Å². The van der Waals surface area contributed by atoms with E-state index in [-0.39, 0.29) is 0 Å². The van der Waals surface area contributed by atoms with Crippen molar-refractivity contribution in [2.24, 2.45) is 23.8 Å². The largest absolute Gasteiger partial charge is 0.476 e. The molecule has 0 atom stereocenters. The lowest BCUT2D eigenvalue weighted by molar-refractivity contribution is 0.262. The molecule has 4 rings (SSSR count). The summed E-state index contributed by atoms with van der Waals surface area (Å²) in [5, 5.41) is 9.37. The van der Waals surface area contributed by atoms with Gasteiger partial charge in [-0.1, -0.05) is 45.4 Å². The van der Waals surface area contributed by atoms with Crippen LogP contribution in [0.5, 0.6) is 5.88 Å². The fraction of sp³-hybridized carbons (Fsp3) is 0.500. The molecule has 7 heteroatoms. The second kappa shape index (κ2) is 6.87. The Balaban J connectivity index is 1.44. The molecule has 3 aromatic heterocycles. The molecule has 6 nitrogen and oxygen atoms in total. The summed E-state index contributed by atoms with van der Waals surface area (Å²) in [5.74, 6) is 1.81. The topological polar surface area (TPSA) is 57.8 Å². The van der Waals surface area contributed by atoms with Crippen LogP contribution in [-0.4, -0.2) is 31.2 Å². The van der Waals surface area contributed by atoms with E-state index in [0.717, 1.165) is 16.8 Å². The number of hydrogen-bond acceptors (Lipinski definition) is 4. The maximum Gasteiger partial charge on any atom is 0.233 e. The third-order valence-electron chi connectivity index (χ3n) is 6.92. The van der Waals surface area contributed by atoms with E-state index in [1.54, 1.807) is 4.68 Å². The number of nitrogens with zero attached hydrogens (tertiary/aromatic N) is 5. The third kappa shape index (κ3) is 3.54. The first-order valence-electron chi connectivity index (χ1n) is 9.93. The van der Waals surface area contributed by atoms with Gasteiger partial charge in [-0.2, -0.15) is 5.10 Å². The molecule has 0 aromatic carbocycles. The van der Waals surface area contributed by atoms with E-state index in [0.29, 0.717) is 46.6 Å². The van der Waals surface area contributed by atoms with Crippen molar-refractivity contribution >= 4 is 11.6 Å². The molecule has 1 aliphatic carbocycles. The average Bonchev–Trinajstić information content (AvgIpc) is 3.04. The quantitative estimate of drug-likeness (QED) is 0.553. The molecule has 1 fully saturated rings. The molecule has 3 heterocycles. The highest BCUT2D eigenvalue weighted by molar-refractivity contribution is 6.30. The highest BCUT2D eigenvalue weighted by atomic mass is 35.5. The lowest BCUT2D eigenvalue weighted by Crippen LogP contribution is -2.06. The van der Waals surface area contributed by atoms with Gasteiger partial charge in [-0.3, -0.25) is 4.68 Å². The van der Waals surface area contributed by atoms with Crippen LogP contribution in [0.15, 0.2) is 30.6 Å². The van der Waals surface area contributed by atoms with Crippen molar-refractivity contribution in [3.05, 3.63) is 52.6 Å². The monoisotopic (exact) mass is 413 g/mol. The molecule has 0 unspecified atom stereocenters. The lowest BCUT2D eigenvalue weighted by Gasteiger charge is -2.07. The number of ether oxygens (including phenoxy) is 1. The minimum Gasteiger partial charge on any atom is -0.476 e. The molecule has 0 radical (unpaired) electrons. The Kier molecular flexibility index (Phi) is 4.73. The average molecular weight is 414 g/mol. The Bertz CT molecular complexity index is 1040. The highest BCUT2D eigenvalue weighted by Gasteiger charge is 2.64.